The van der Waals surface area contributed by atoms with Gasteiger partial charge >= 0.3 is 0 Å². The first-order valence-corrected chi connectivity index (χ1v) is 9.68. The standard InChI is InChI=1S/C21H30N2O4/c1-25-19-8-7-17(14-20(19)26-2)18(23-9-11-27-12-10-23)15-22-21(24)13-16-5-3-4-6-16/h3,5,7-8,14,16,18H,4,6,9-13,15H2,1-2H3,(H,22,24)/t16-,18+/m1/s1. The van der Waals surface area contributed by atoms with Gasteiger partial charge in [0, 0.05) is 26.1 Å². The van der Waals surface area contributed by atoms with E-state index in [0.29, 0.717) is 43.6 Å². The van der Waals surface area contributed by atoms with Gasteiger partial charge in [0.25, 0.3) is 0 Å². The van der Waals surface area contributed by atoms with E-state index in [1.165, 1.54) is 0 Å². The molecule has 3 rings (SSSR count). The molecule has 0 radical (unpaired) electrons. The smallest absolute Gasteiger partial charge is 0.220 e. The van der Waals surface area contributed by atoms with Gasteiger partial charge in [-0.15, -0.1) is 0 Å². The molecule has 1 aromatic rings. The molecule has 0 spiro atoms. The number of carbonyl (C=O) groups excluding carboxylic acids is 1. The van der Waals surface area contributed by atoms with Gasteiger partial charge in [-0.1, -0.05) is 18.2 Å². The third-order valence-electron chi connectivity index (χ3n) is 5.33. The van der Waals surface area contributed by atoms with Crippen LogP contribution >= 0.6 is 0 Å². The van der Waals surface area contributed by atoms with E-state index >= 15 is 0 Å². The van der Waals surface area contributed by atoms with Gasteiger partial charge in [0.1, 0.15) is 0 Å². The number of allylic oxidation sites excluding steroid dienone is 2. The first-order chi connectivity index (χ1) is 13.2. The number of nitrogens with one attached hydrogen (secondary N) is 1. The molecule has 0 bridgehead atoms. The zero-order chi connectivity index (χ0) is 19.1. The van der Waals surface area contributed by atoms with Crippen molar-refractivity contribution in [1.29, 1.82) is 0 Å². The Morgan fingerprint density at radius 1 is 1.26 bits per heavy atom. The van der Waals surface area contributed by atoms with Crippen LogP contribution in [0.1, 0.15) is 30.9 Å². The van der Waals surface area contributed by atoms with Crippen LogP contribution in [0.3, 0.4) is 0 Å². The number of ether oxygens (including phenoxy) is 3. The average molecular weight is 374 g/mol. The Hall–Kier alpha value is -2.05. The topological polar surface area (TPSA) is 60.0 Å². The third-order valence-corrected chi connectivity index (χ3v) is 5.33. The van der Waals surface area contributed by atoms with Crippen LogP contribution < -0.4 is 14.8 Å². The van der Waals surface area contributed by atoms with Crippen molar-refractivity contribution in [3.63, 3.8) is 0 Å². The van der Waals surface area contributed by atoms with Gasteiger partial charge in [-0.05, 0) is 36.5 Å². The molecule has 1 heterocycles. The highest BCUT2D eigenvalue weighted by atomic mass is 16.5. The minimum Gasteiger partial charge on any atom is -0.493 e. The van der Waals surface area contributed by atoms with E-state index in [9.17, 15) is 4.79 Å². The molecule has 148 valence electrons. The van der Waals surface area contributed by atoms with Gasteiger partial charge in [0.05, 0.1) is 33.5 Å². The molecule has 1 N–H and O–H groups in total. The molecule has 1 fully saturated rings. The normalized spacial score (nSPS) is 21.0. The van der Waals surface area contributed by atoms with Gasteiger partial charge in [-0.25, -0.2) is 0 Å². The summed E-state index contributed by atoms with van der Waals surface area (Å²) in [6, 6.07) is 6.06. The van der Waals surface area contributed by atoms with Crippen molar-refractivity contribution < 1.29 is 19.0 Å². The van der Waals surface area contributed by atoms with E-state index in [1.54, 1.807) is 14.2 Å². The molecule has 1 aliphatic heterocycles. The number of amides is 1. The second kappa shape index (κ2) is 9.76. The fraction of sp³-hybridized carbons (Fsp3) is 0.571. The Kier molecular flexibility index (Phi) is 7.12. The quantitative estimate of drug-likeness (QED) is 0.709. The van der Waals surface area contributed by atoms with E-state index in [2.05, 4.69) is 22.4 Å². The van der Waals surface area contributed by atoms with Crippen LogP contribution in [0.15, 0.2) is 30.4 Å². The predicted octanol–water partition coefficient (Wildman–Crippen LogP) is 2.55. The molecular weight excluding hydrogens is 344 g/mol. The van der Waals surface area contributed by atoms with Crippen molar-refractivity contribution in [3.8, 4) is 11.5 Å². The lowest BCUT2D eigenvalue weighted by molar-refractivity contribution is -0.122. The summed E-state index contributed by atoms with van der Waals surface area (Å²) in [5, 5.41) is 3.14. The highest BCUT2D eigenvalue weighted by Gasteiger charge is 2.25. The predicted molar refractivity (Wildman–Crippen MR) is 104 cm³/mol. The zero-order valence-electron chi connectivity index (χ0n) is 16.3. The van der Waals surface area contributed by atoms with Crippen LogP contribution in [0.2, 0.25) is 0 Å². The summed E-state index contributed by atoms with van der Waals surface area (Å²) < 4.78 is 16.3. The monoisotopic (exact) mass is 374 g/mol. The molecule has 6 nitrogen and oxygen atoms in total. The van der Waals surface area contributed by atoms with Crippen molar-refractivity contribution >= 4 is 5.91 Å². The summed E-state index contributed by atoms with van der Waals surface area (Å²) >= 11 is 0. The molecular formula is C21H30N2O4. The molecule has 2 atom stereocenters. The van der Waals surface area contributed by atoms with Crippen LogP contribution in [0.5, 0.6) is 11.5 Å². The fourth-order valence-corrected chi connectivity index (χ4v) is 3.79. The second-order valence-corrected chi connectivity index (χ2v) is 7.05. The van der Waals surface area contributed by atoms with Gasteiger partial charge in [-0.3, -0.25) is 9.69 Å². The Morgan fingerprint density at radius 3 is 2.70 bits per heavy atom. The van der Waals surface area contributed by atoms with Gasteiger partial charge in [0.15, 0.2) is 11.5 Å². The molecule has 0 saturated carbocycles. The number of rotatable bonds is 8. The van der Waals surface area contributed by atoms with E-state index in [4.69, 9.17) is 14.2 Å². The summed E-state index contributed by atoms with van der Waals surface area (Å²) in [7, 11) is 3.27. The average Bonchev–Trinajstić information content (AvgIpc) is 3.21. The summed E-state index contributed by atoms with van der Waals surface area (Å²) in [4.78, 5) is 14.8. The third kappa shape index (κ3) is 5.23. The molecule has 1 aromatic carbocycles. The maximum atomic E-state index is 12.4. The van der Waals surface area contributed by atoms with Crippen LogP contribution in [-0.4, -0.2) is 57.9 Å². The zero-order valence-corrected chi connectivity index (χ0v) is 16.3. The van der Waals surface area contributed by atoms with Gasteiger partial charge < -0.3 is 19.5 Å². The largest absolute Gasteiger partial charge is 0.493 e. The van der Waals surface area contributed by atoms with E-state index in [0.717, 1.165) is 31.5 Å². The number of hydrogen-bond donors (Lipinski definition) is 1. The maximum Gasteiger partial charge on any atom is 0.220 e. The van der Waals surface area contributed by atoms with Crippen LogP contribution in [0, 0.1) is 5.92 Å². The summed E-state index contributed by atoms with van der Waals surface area (Å²) in [6.45, 7) is 3.69. The lowest BCUT2D eigenvalue weighted by Gasteiger charge is -2.35. The number of nitrogens with zero attached hydrogens (tertiary/aromatic N) is 1. The van der Waals surface area contributed by atoms with Crippen molar-refractivity contribution in [2.24, 2.45) is 5.92 Å². The van der Waals surface area contributed by atoms with E-state index < -0.39 is 0 Å². The number of benzene rings is 1. The second-order valence-electron chi connectivity index (χ2n) is 7.05. The molecule has 0 aromatic heterocycles. The Labute approximate surface area is 161 Å². The highest BCUT2D eigenvalue weighted by molar-refractivity contribution is 5.76. The maximum absolute atomic E-state index is 12.4. The van der Waals surface area contributed by atoms with Crippen LogP contribution in [-0.2, 0) is 9.53 Å². The van der Waals surface area contributed by atoms with Crippen LogP contribution in [0.4, 0.5) is 0 Å². The first kappa shape index (κ1) is 19.7. The van der Waals surface area contributed by atoms with Crippen molar-refractivity contribution in [2.75, 3.05) is 47.1 Å². The van der Waals surface area contributed by atoms with Crippen molar-refractivity contribution in [2.45, 2.75) is 25.3 Å². The van der Waals surface area contributed by atoms with Crippen molar-refractivity contribution in [1.82, 2.24) is 10.2 Å². The van der Waals surface area contributed by atoms with Gasteiger partial charge in [-0.2, -0.15) is 0 Å². The number of carbonyl (C=O) groups is 1. The minimum atomic E-state index is 0.0803. The number of methoxy groups -OCH3 is 2. The number of morpholine rings is 1. The fourth-order valence-electron chi connectivity index (χ4n) is 3.79. The number of hydrogen-bond acceptors (Lipinski definition) is 5. The van der Waals surface area contributed by atoms with Crippen LogP contribution in [0.25, 0.3) is 0 Å². The lowest BCUT2D eigenvalue weighted by atomic mass is 10.0. The summed E-state index contributed by atoms with van der Waals surface area (Å²) in [5.74, 6) is 1.91. The molecule has 0 unspecified atom stereocenters. The summed E-state index contributed by atoms with van der Waals surface area (Å²) in [5.41, 5.74) is 1.11. The summed E-state index contributed by atoms with van der Waals surface area (Å²) in [6.07, 6.45) is 7.06. The first-order valence-electron chi connectivity index (χ1n) is 9.68. The Bertz CT molecular complexity index is 656. The minimum absolute atomic E-state index is 0.0803. The molecule has 2 aliphatic rings. The van der Waals surface area contributed by atoms with E-state index in [1.807, 2.05) is 18.2 Å². The Balaban J connectivity index is 1.70. The molecule has 6 heteroatoms. The molecule has 1 aliphatic carbocycles. The molecule has 27 heavy (non-hydrogen) atoms. The van der Waals surface area contributed by atoms with Crippen molar-refractivity contribution in [3.05, 3.63) is 35.9 Å². The highest BCUT2D eigenvalue weighted by Crippen LogP contribution is 2.32. The molecule has 1 saturated heterocycles. The lowest BCUT2D eigenvalue weighted by Crippen LogP contribution is -2.44. The Morgan fingerprint density at radius 2 is 2.04 bits per heavy atom. The van der Waals surface area contributed by atoms with E-state index in [-0.39, 0.29) is 11.9 Å². The SMILES string of the molecule is COc1ccc([C@H](CNC(=O)C[C@@H]2C=CCC2)N2CCOCC2)cc1OC. The molecule has 1 amide bonds. The van der Waals surface area contributed by atoms with Gasteiger partial charge in [0.2, 0.25) is 5.91 Å².